The molecule has 19 heavy (non-hydrogen) atoms. The lowest BCUT2D eigenvalue weighted by atomic mass is 10.2. The van der Waals surface area contributed by atoms with Crippen molar-refractivity contribution in [2.75, 3.05) is 11.1 Å². The van der Waals surface area contributed by atoms with Crippen LogP contribution in [0.5, 0.6) is 0 Å². The van der Waals surface area contributed by atoms with Crippen molar-refractivity contribution in [3.8, 4) is 10.6 Å². The molecule has 3 nitrogen and oxygen atoms in total. The minimum absolute atomic E-state index is 0.755. The molecule has 1 aromatic carbocycles. The summed E-state index contributed by atoms with van der Waals surface area (Å²) in [6.45, 7) is 0.755. The predicted molar refractivity (Wildman–Crippen MR) is 83.6 cm³/mol. The van der Waals surface area contributed by atoms with E-state index in [1.54, 1.807) is 22.7 Å². The molecular formula is C14H13N3S2. The molecule has 0 atom stereocenters. The van der Waals surface area contributed by atoms with Gasteiger partial charge < -0.3 is 11.1 Å². The number of hydrogen-bond acceptors (Lipinski definition) is 5. The molecule has 0 saturated carbocycles. The number of nitrogens with one attached hydrogen (secondary N) is 1. The zero-order valence-corrected chi connectivity index (χ0v) is 11.8. The highest BCUT2D eigenvalue weighted by Gasteiger charge is 2.03. The Morgan fingerprint density at radius 3 is 2.84 bits per heavy atom. The number of anilines is 2. The molecule has 3 N–H and O–H groups in total. The van der Waals surface area contributed by atoms with Crippen molar-refractivity contribution >= 4 is 34.0 Å². The summed E-state index contributed by atoms with van der Waals surface area (Å²) in [6.07, 6.45) is 1.83. The second-order valence-electron chi connectivity index (χ2n) is 4.07. The summed E-state index contributed by atoms with van der Waals surface area (Å²) in [4.78, 5) is 5.49. The first-order chi connectivity index (χ1) is 9.33. The minimum Gasteiger partial charge on any atom is -0.398 e. The van der Waals surface area contributed by atoms with Gasteiger partial charge in [-0.1, -0.05) is 12.1 Å². The Bertz CT molecular complexity index is 659. The number of aromatic nitrogens is 1. The van der Waals surface area contributed by atoms with Crippen LogP contribution in [0.25, 0.3) is 10.6 Å². The van der Waals surface area contributed by atoms with Crippen LogP contribution in [0.1, 0.15) is 4.88 Å². The highest BCUT2D eigenvalue weighted by atomic mass is 32.1. The summed E-state index contributed by atoms with van der Waals surface area (Å²) in [7, 11) is 0. The van der Waals surface area contributed by atoms with Crippen molar-refractivity contribution < 1.29 is 0 Å². The summed E-state index contributed by atoms with van der Waals surface area (Å²) in [5.74, 6) is 0. The van der Waals surface area contributed by atoms with Gasteiger partial charge in [0.25, 0.3) is 0 Å². The Morgan fingerprint density at radius 1 is 1.16 bits per heavy atom. The Kier molecular flexibility index (Phi) is 3.48. The van der Waals surface area contributed by atoms with Crippen molar-refractivity contribution in [2.45, 2.75) is 6.54 Å². The normalized spacial score (nSPS) is 10.5. The summed E-state index contributed by atoms with van der Waals surface area (Å²) in [6, 6.07) is 10.2. The van der Waals surface area contributed by atoms with E-state index in [0.717, 1.165) is 28.5 Å². The quantitative estimate of drug-likeness (QED) is 0.760. The predicted octanol–water partition coefficient (Wildman–Crippen LogP) is 4.07. The van der Waals surface area contributed by atoms with Crippen molar-refractivity contribution in [1.82, 2.24) is 4.98 Å². The first-order valence-electron chi connectivity index (χ1n) is 5.88. The van der Waals surface area contributed by atoms with Gasteiger partial charge in [0.15, 0.2) is 0 Å². The molecule has 5 heteroatoms. The van der Waals surface area contributed by atoms with Crippen LogP contribution in [0.4, 0.5) is 11.4 Å². The SMILES string of the molecule is Nc1ccsc1CNc1cccc(-c2nccs2)c1. The molecule has 0 fully saturated rings. The number of hydrogen-bond donors (Lipinski definition) is 2. The van der Waals surface area contributed by atoms with E-state index in [-0.39, 0.29) is 0 Å². The van der Waals surface area contributed by atoms with Crippen LogP contribution in [0.15, 0.2) is 47.3 Å². The van der Waals surface area contributed by atoms with Crippen molar-refractivity contribution in [3.05, 3.63) is 52.2 Å². The maximum Gasteiger partial charge on any atom is 0.123 e. The van der Waals surface area contributed by atoms with E-state index < -0.39 is 0 Å². The second-order valence-corrected chi connectivity index (χ2v) is 5.97. The molecule has 0 aliphatic carbocycles. The Balaban J connectivity index is 1.75. The molecule has 0 radical (unpaired) electrons. The fraction of sp³-hybridized carbons (Fsp3) is 0.0714. The largest absolute Gasteiger partial charge is 0.398 e. The summed E-state index contributed by atoms with van der Waals surface area (Å²) in [5, 5.41) is 8.44. The number of nitrogens with two attached hydrogens (primary N) is 1. The third-order valence-electron chi connectivity index (χ3n) is 2.77. The van der Waals surface area contributed by atoms with Gasteiger partial charge in [0.2, 0.25) is 0 Å². The van der Waals surface area contributed by atoms with E-state index in [0.29, 0.717) is 0 Å². The zero-order valence-electron chi connectivity index (χ0n) is 10.2. The lowest BCUT2D eigenvalue weighted by Gasteiger charge is -2.07. The van der Waals surface area contributed by atoms with E-state index in [1.807, 2.05) is 29.1 Å². The van der Waals surface area contributed by atoms with Gasteiger partial charge in [-0.15, -0.1) is 22.7 Å². The third kappa shape index (κ3) is 2.77. The molecule has 3 aromatic rings. The average Bonchev–Trinajstić information content (AvgIpc) is 3.08. The number of thiazole rings is 1. The lowest BCUT2D eigenvalue weighted by molar-refractivity contribution is 1.20. The average molecular weight is 287 g/mol. The third-order valence-corrected chi connectivity index (χ3v) is 4.53. The van der Waals surface area contributed by atoms with Gasteiger partial charge in [0, 0.05) is 33.4 Å². The van der Waals surface area contributed by atoms with Gasteiger partial charge in [0.05, 0.1) is 6.54 Å². The molecule has 96 valence electrons. The monoisotopic (exact) mass is 287 g/mol. The van der Waals surface area contributed by atoms with Crippen LogP contribution >= 0.6 is 22.7 Å². The maximum atomic E-state index is 5.87. The maximum absolute atomic E-state index is 5.87. The fourth-order valence-corrected chi connectivity index (χ4v) is 3.18. The molecule has 0 aliphatic heterocycles. The molecule has 0 aliphatic rings. The number of nitrogen functional groups attached to an aromatic ring is 1. The second kappa shape index (κ2) is 5.42. The fourth-order valence-electron chi connectivity index (χ4n) is 1.80. The van der Waals surface area contributed by atoms with E-state index in [1.165, 1.54) is 4.88 Å². The lowest BCUT2D eigenvalue weighted by Crippen LogP contribution is -1.99. The first kappa shape index (κ1) is 12.2. The Morgan fingerprint density at radius 2 is 2.11 bits per heavy atom. The number of nitrogens with zero attached hydrogens (tertiary/aromatic N) is 1. The van der Waals surface area contributed by atoms with Gasteiger partial charge in [-0.2, -0.15) is 0 Å². The van der Waals surface area contributed by atoms with E-state index in [4.69, 9.17) is 5.73 Å². The summed E-state index contributed by atoms with van der Waals surface area (Å²) in [5.41, 5.74) is 8.95. The minimum atomic E-state index is 0.755. The molecule has 0 unspecified atom stereocenters. The number of benzene rings is 1. The van der Waals surface area contributed by atoms with Crippen molar-refractivity contribution in [1.29, 1.82) is 0 Å². The van der Waals surface area contributed by atoms with Crippen LogP contribution in [0, 0.1) is 0 Å². The smallest absolute Gasteiger partial charge is 0.123 e. The van der Waals surface area contributed by atoms with Crippen molar-refractivity contribution in [3.63, 3.8) is 0 Å². The number of thiophene rings is 1. The Hall–Kier alpha value is -1.85. The highest BCUT2D eigenvalue weighted by molar-refractivity contribution is 7.13. The number of rotatable bonds is 4. The molecule has 0 saturated heterocycles. The van der Waals surface area contributed by atoms with Gasteiger partial charge in [-0.3, -0.25) is 0 Å². The van der Waals surface area contributed by atoms with Crippen LogP contribution < -0.4 is 11.1 Å². The van der Waals surface area contributed by atoms with Crippen LogP contribution in [0.3, 0.4) is 0 Å². The van der Waals surface area contributed by atoms with Crippen molar-refractivity contribution in [2.24, 2.45) is 0 Å². The van der Waals surface area contributed by atoms with E-state index in [2.05, 4.69) is 28.5 Å². The molecule has 2 aromatic heterocycles. The highest BCUT2D eigenvalue weighted by Crippen LogP contribution is 2.25. The van der Waals surface area contributed by atoms with Gasteiger partial charge in [-0.25, -0.2) is 4.98 Å². The van der Waals surface area contributed by atoms with Gasteiger partial charge >= 0.3 is 0 Å². The molecule has 3 rings (SSSR count). The molecule has 2 heterocycles. The van der Waals surface area contributed by atoms with E-state index >= 15 is 0 Å². The Labute approximate surface area is 119 Å². The molecular weight excluding hydrogens is 274 g/mol. The van der Waals surface area contributed by atoms with E-state index in [9.17, 15) is 0 Å². The topological polar surface area (TPSA) is 50.9 Å². The first-order valence-corrected chi connectivity index (χ1v) is 7.64. The van der Waals surface area contributed by atoms with Crippen LogP contribution in [-0.4, -0.2) is 4.98 Å². The standard InChI is InChI=1S/C14H13N3S2/c15-12-4-6-18-13(12)9-17-11-3-1-2-10(8-11)14-16-5-7-19-14/h1-8,17H,9,15H2. The molecule has 0 amide bonds. The summed E-state index contributed by atoms with van der Waals surface area (Å²) < 4.78 is 0. The molecule has 0 bridgehead atoms. The van der Waals surface area contributed by atoms with Gasteiger partial charge in [0.1, 0.15) is 5.01 Å². The van der Waals surface area contributed by atoms with Crippen LogP contribution in [-0.2, 0) is 6.54 Å². The zero-order chi connectivity index (χ0) is 13.1. The molecule has 0 spiro atoms. The van der Waals surface area contributed by atoms with Crippen LogP contribution in [0.2, 0.25) is 0 Å². The van der Waals surface area contributed by atoms with Gasteiger partial charge in [-0.05, 0) is 23.6 Å². The summed E-state index contributed by atoms with van der Waals surface area (Å²) >= 11 is 3.32.